The molecule has 0 aliphatic carbocycles. The van der Waals surface area contributed by atoms with Crippen LogP contribution in [-0.2, 0) is 4.79 Å². The standard InChI is InChI=1S/C16H12F2N4OS/c17-12-7-6-11(8-13(12)18)19-14(23)9-24-16-20-15(21-22-16)10-4-2-1-3-5-10/h1-8H,9H2,(H,19,23)(H,20,21,22). The van der Waals surface area contributed by atoms with Gasteiger partial charge in [0.25, 0.3) is 0 Å². The van der Waals surface area contributed by atoms with Crippen molar-refractivity contribution in [1.29, 1.82) is 0 Å². The van der Waals surface area contributed by atoms with Crippen LogP contribution in [0.25, 0.3) is 11.4 Å². The molecule has 24 heavy (non-hydrogen) atoms. The third kappa shape index (κ3) is 3.96. The summed E-state index contributed by atoms with van der Waals surface area (Å²) in [6, 6.07) is 12.6. The van der Waals surface area contributed by atoms with Gasteiger partial charge in [-0.3, -0.25) is 9.89 Å². The van der Waals surface area contributed by atoms with Crippen LogP contribution in [0.1, 0.15) is 0 Å². The van der Waals surface area contributed by atoms with Crippen molar-refractivity contribution in [3.63, 3.8) is 0 Å². The average Bonchev–Trinajstić information content (AvgIpc) is 3.06. The van der Waals surface area contributed by atoms with E-state index in [1.807, 2.05) is 30.3 Å². The van der Waals surface area contributed by atoms with E-state index in [2.05, 4.69) is 20.5 Å². The van der Waals surface area contributed by atoms with Crippen LogP contribution in [0.15, 0.2) is 53.7 Å². The molecule has 3 rings (SSSR count). The Kier molecular flexibility index (Phi) is 4.85. The summed E-state index contributed by atoms with van der Waals surface area (Å²) < 4.78 is 25.9. The van der Waals surface area contributed by atoms with Crippen LogP contribution in [-0.4, -0.2) is 26.8 Å². The van der Waals surface area contributed by atoms with E-state index >= 15 is 0 Å². The molecule has 1 heterocycles. The highest BCUT2D eigenvalue weighted by Crippen LogP contribution is 2.19. The Hall–Kier alpha value is -2.74. The molecule has 1 amide bonds. The minimum Gasteiger partial charge on any atom is -0.325 e. The molecule has 0 atom stereocenters. The largest absolute Gasteiger partial charge is 0.325 e. The maximum Gasteiger partial charge on any atom is 0.234 e. The van der Waals surface area contributed by atoms with E-state index in [0.717, 1.165) is 29.5 Å². The first-order valence-electron chi connectivity index (χ1n) is 6.97. The number of amides is 1. The van der Waals surface area contributed by atoms with Crippen molar-refractivity contribution in [2.24, 2.45) is 0 Å². The number of nitrogens with one attached hydrogen (secondary N) is 2. The van der Waals surface area contributed by atoms with Crippen LogP contribution in [0.2, 0.25) is 0 Å². The molecule has 3 aromatic rings. The molecule has 1 aromatic heterocycles. The Morgan fingerprint density at radius 2 is 1.92 bits per heavy atom. The fraction of sp³-hybridized carbons (Fsp3) is 0.0625. The third-order valence-corrected chi connectivity index (χ3v) is 3.90. The number of carbonyl (C=O) groups excluding carboxylic acids is 1. The third-order valence-electron chi connectivity index (χ3n) is 3.05. The van der Waals surface area contributed by atoms with Gasteiger partial charge in [0.1, 0.15) is 0 Å². The van der Waals surface area contributed by atoms with Crippen LogP contribution in [0, 0.1) is 11.6 Å². The zero-order valence-electron chi connectivity index (χ0n) is 12.3. The number of rotatable bonds is 5. The molecule has 2 N–H and O–H groups in total. The van der Waals surface area contributed by atoms with E-state index in [1.54, 1.807) is 0 Å². The number of anilines is 1. The van der Waals surface area contributed by atoms with E-state index in [-0.39, 0.29) is 17.3 Å². The Labute approximate surface area is 140 Å². The Balaban J connectivity index is 1.56. The molecule has 0 fully saturated rings. The molecular formula is C16H12F2N4OS. The first kappa shape index (κ1) is 16.1. The summed E-state index contributed by atoms with van der Waals surface area (Å²) in [7, 11) is 0. The molecule has 8 heteroatoms. The number of hydrogen-bond acceptors (Lipinski definition) is 4. The van der Waals surface area contributed by atoms with Gasteiger partial charge >= 0.3 is 0 Å². The lowest BCUT2D eigenvalue weighted by Gasteiger charge is -2.04. The second-order valence-electron chi connectivity index (χ2n) is 4.80. The smallest absolute Gasteiger partial charge is 0.234 e. The van der Waals surface area contributed by atoms with Gasteiger partial charge in [0.2, 0.25) is 11.1 Å². The van der Waals surface area contributed by atoms with Crippen LogP contribution in [0.4, 0.5) is 14.5 Å². The van der Waals surface area contributed by atoms with E-state index < -0.39 is 11.6 Å². The van der Waals surface area contributed by atoms with Crippen LogP contribution in [0.5, 0.6) is 0 Å². The van der Waals surface area contributed by atoms with Gasteiger partial charge in [-0.15, -0.1) is 5.10 Å². The molecular weight excluding hydrogens is 334 g/mol. The Bertz CT molecular complexity index is 854. The monoisotopic (exact) mass is 346 g/mol. The molecule has 0 spiro atoms. The van der Waals surface area contributed by atoms with Crippen molar-refractivity contribution in [1.82, 2.24) is 15.2 Å². The fourth-order valence-electron chi connectivity index (χ4n) is 1.94. The van der Waals surface area contributed by atoms with Crippen molar-refractivity contribution >= 4 is 23.4 Å². The SMILES string of the molecule is O=C(CSc1n[nH]c(-c2ccccc2)n1)Nc1ccc(F)c(F)c1. The molecule has 0 aliphatic rings. The molecule has 0 saturated heterocycles. The number of carbonyl (C=O) groups is 1. The summed E-state index contributed by atoms with van der Waals surface area (Å²) >= 11 is 1.14. The van der Waals surface area contributed by atoms with Crippen LogP contribution in [0.3, 0.4) is 0 Å². The first-order valence-corrected chi connectivity index (χ1v) is 7.96. The number of halogens is 2. The minimum absolute atomic E-state index is 0.0467. The quantitative estimate of drug-likeness (QED) is 0.694. The summed E-state index contributed by atoms with van der Waals surface area (Å²) in [6.07, 6.45) is 0. The second-order valence-corrected chi connectivity index (χ2v) is 5.74. The Morgan fingerprint density at radius 1 is 1.12 bits per heavy atom. The molecule has 122 valence electrons. The normalized spacial score (nSPS) is 10.6. The van der Waals surface area contributed by atoms with Crippen molar-refractivity contribution in [2.75, 3.05) is 11.1 Å². The summed E-state index contributed by atoms with van der Waals surface area (Å²) in [5.41, 5.74) is 1.09. The average molecular weight is 346 g/mol. The predicted octanol–water partition coefficient (Wildman–Crippen LogP) is 3.48. The molecule has 0 radical (unpaired) electrons. The highest BCUT2D eigenvalue weighted by atomic mass is 32.2. The number of nitrogens with zero attached hydrogens (tertiary/aromatic N) is 2. The first-order chi connectivity index (χ1) is 11.6. The number of H-pyrrole nitrogens is 1. The van der Waals surface area contributed by atoms with Gasteiger partial charge in [-0.05, 0) is 12.1 Å². The number of aromatic amines is 1. The summed E-state index contributed by atoms with van der Waals surface area (Å²) in [5, 5.41) is 9.75. The number of aromatic nitrogens is 3. The minimum atomic E-state index is -1.01. The van der Waals surface area contributed by atoms with Gasteiger partial charge in [0.05, 0.1) is 5.75 Å². The lowest BCUT2D eigenvalue weighted by atomic mass is 10.2. The van der Waals surface area contributed by atoms with E-state index in [0.29, 0.717) is 11.0 Å². The highest BCUT2D eigenvalue weighted by molar-refractivity contribution is 7.99. The lowest BCUT2D eigenvalue weighted by Crippen LogP contribution is -2.14. The van der Waals surface area contributed by atoms with Crippen molar-refractivity contribution in [3.05, 3.63) is 60.2 Å². The number of thioether (sulfide) groups is 1. The van der Waals surface area contributed by atoms with Gasteiger partial charge < -0.3 is 5.32 Å². The maximum absolute atomic E-state index is 13.1. The number of hydrogen-bond donors (Lipinski definition) is 2. The van der Waals surface area contributed by atoms with E-state index in [1.165, 1.54) is 6.07 Å². The van der Waals surface area contributed by atoms with Crippen molar-refractivity contribution < 1.29 is 13.6 Å². The zero-order chi connectivity index (χ0) is 16.9. The van der Waals surface area contributed by atoms with E-state index in [9.17, 15) is 13.6 Å². The molecule has 0 bridgehead atoms. The summed E-state index contributed by atoms with van der Waals surface area (Å²) in [6.45, 7) is 0. The predicted molar refractivity (Wildman–Crippen MR) is 87.5 cm³/mol. The number of benzene rings is 2. The van der Waals surface area contributed by atoms with Crippen molar-refractivity contribution in [2.45, 2.75) is 5.16 Å². The summed E-state index contributed by atoms with van der Waals surface area (Å²) in [5.74, 6) is -1.68. The molecule has 0 unspecified atom stereocenters. The summed E-state index contributed by atoms with van der Waals surface area (Å²) in [4.78, 5) is 16.1. The van der Waals surface area contributed by atoms with Gasteiger partial charge in [-0.1, -0.05) is 42.1 Å². The van der Waals surface area contributed by atoms with Gasteiger partial charge in [0, 0.05) is 17.3 Å². The topological polar surface area (TPSA) is 70.7 Å². The van der Waals surface area contributed by atoms with Gasteiger partial charge in [-0.2, -0.15) is 0 Å². The molecule has 0 saturated carbocycles. The lowest BCUT2D eigenvalue weighted by molar-refractivity contribution is -0.113. The highest BCUT2D eigenvalue weighted by Gasteiger charge is 2.10. The Morgan fingerprint density at radius 3 is 2.67 bits per heavy atom. The van der Waals surface area contributed by atoms with Gasteiger partial charge in [0.15, 0.2) is 17.5 Å². The maximum atomic E-state index is 13.1. The molecule has 5 nitrogen and oxygen atoms in total. The van der Waals surface area contributed by atoms with E-state index in [4.69, 9.17) is 0 Å². The van der Waals surface area contributed by atoms with Gasteiger partial charge in [-0.25, -0.2) is 13.8 Å². The molecule has 0 aliphatic heterocycles. The second kappa shape index (κ2) is 7.22. The van der Waals surface area contributed by atoms with Crippen LogP contribution >= 0.6 is 11.8 Å². The van der Waals surface area contributed by atoms with Crippen LogP contribution < -0.4 is 5.32 Å². The zero-order valence-corrected chi connectivity index (χ0v) is 13.1. The van der Waals surface area contributed by atoms with Crippen molar-refractivity contribution in [3.8, 4) is 11.4 Å². The fourth-order valence-corrected chi connectivity index (χ4v) is 2.54. The molecule has 2 aromatic carbocycles.